The molecule has 30 heavy (non-hydrogen) atoms. The van der Waals surface area contributed by atoms with Crippen molar-refractivity contribution in [3.8, 4) is 5.75 Å². The van der Waals surface area contributed by atoms with Crippen LogP contribution in [0.1, 0.15) is 10.8 Å². The molecule has 0 fully saturated rings. The lowest BCUT2D eigenvalue weighted by molar-refractivity contribution is 0.402. The summed E-state index contributed by atoms with van der Waals surface area (Å²) in [6, 6.07) is 12.0. The van der Waals surface area contributed by atoms with Crippen molar-refractivity contribution in [2.45, 2.75) is 14.4 Å². The van der Waals surface area contributed by atoms with Crippen molar-refractivity contribution in [2.24, 2.45) is 0 Å². The molecular weight excluding hydrogens is 473 g/mol. The van der Waals surface area contributed by atoms with Crippen LogP contribution >= 0.6 is 22.9 Å². The Kier molecular flexibility index (Phi) is 6.83. The Morgan fingerprint density at radius 3 is 2.40 bits per heavy atom. The molecule has 0 spiro atoms. The predicted octanol–water partition coefficient (Wildman–Crippen LogP) is 4.04. The Morgan fingerprint density at radius 1 is 1.10 bits per heavy atom. The molecule has 0 aliphatic heterocycles. The number of thiophene rings is 1. The highest BCUT2D eigenvalue weighted by molar-refractivity contribution is 7.93. The molecule has 0 bridgehead atoms. The summed E-state index contributed by atoms with van der Waals surface area (Å²) < 4.78 is 72.9. The Labute approximate surface area is 183 Å². The van der Waals surface area contributed by atoms with Crippen molar-refractivity contribution in [1.82, 2.24) is 4.72 Å². The summed E-state index contributed by atoms with van der Waals surface area (Å²) in [6.07, 6.45) is 0. The van der Waals surface area contributed by atoms with Gasteiger partial charge in [0.1, 0.15) is 25.9 Å². The second-order valence-electron chi connectivity index (χ2n) is 6.16. The zero-order valence-corrected chi connectivity index (χ0v) is 18.8. The van der Waals surface area contributed by atoms with Crippen molar-refractivity contribution < 1.29 is 26.0 Å². The van der Waals surface area contributed by atoms with Gasteiger partial charge in [-0.3, -0.25) is 0 Å². The zero-order chi connectivity index (χ0) is 21.9. The van der Waals surface area contributed by atoms with E-state index < -0.39 is 37.5 Å². The quantitative estimate of drug-likeness (QED) is 0.515. The van der Waals surface area contributed by atoms with Gasteiger partial charge in [-0.15, -0.1) is 11.3 Å². The van der Waals surface area contributed by atoms with Crippen LogP contribution in [-0.4, -0.2) is 30.5 Å². The lowest BCUT2D eigenvalue weighted by Crippen LogP contribution is -2.32. The normalized spacial score (nSPS) is 13.2. The van der Waals surface area contributed by atoms with Crippen LogP contribution in [0.5, 0.6) is 5.75 Å². The van der Waals surface area contributed by atoms with Crippen LogP contribution in [0, 0.1) is 5.82 Å². The van der Waals surface area contributed by atoms with Gasteiger partial charge < -0.3 is 4.74 Å². The number of hydrogen-bond donors (Lipinski definition) is 1. The Bertz CT molecular complexity index is 1230. The number of methoxy groups -OCH3 is 1. The van der Waals surface area contributed by atoms with E-state index >= 15 is 0 Å². The maximum atomic E-state index is 13.4. The van der Waals surface area contributed by atoms with Gasteiger partial charge in [0, 0.05) is 11.6 Å². The summed E-state index contributed by atoms with van der Waals surface area (Å²) in [5, 5.41) is 0.518. The molecule has 2 aromatic carbocycles. The van der Waals surface area contributed by atoms with E-state index in [0.717, 1.165) is 23.5 Å². The van der Waals surface area contributed by atoms with Crippen molar-refractivity contribution in [3.05, 3.63) is 76.4 Å². The molecule has 0 aliphatic carbocycles. The summed E-state index contributed by atoms with van der Waals surface area (Å²) in [4.78, 5) is -0.219. The highest BCUT2D eigenvalue weighted by Crippen LogP contribution is 2.32. The first-order chi connectivity index (χ1) is 14.1. The lowest BCUT2D eigenvalue weighted by Gasteiger charge is -2.19. The largest absolute Gasteiger partial charge is 0.495 e. The number of sulfonamides is 1. The number of sulfone groups is 1. The van der Waals surface area contributed by atoms with Gasteiger partial charge in [0.15, 0.2) is 9.84 Å². The summed E-state index contributed by atoms with van der Waals surface area (Å²) >= 11 is 6.93. The van der Waals surface area contributed by atoms with Gasteiger partial charge >= 0.3 is 0 Å². The number of ether oxygens (including phenoxy) is 1. The second kappa shape index (κ2) is 9.03. The first-order valence-corrected chi connectivity index (χ1v) is 12.8. The van der Waals surface area contributed by atoms with Crippen LogP contribution in [0.25, 0.3) is 0 Å². The van der Waals surface area contributed by atoms with E-state index in [-0.39, 0.29) is 25.4 Å². The Hall–Kier alpha value is -1.98. The van der Waals surface area contributed by atoms with Gasteiger partial charge in [0.25, 0.3) is 0 Å². The third-order valence-electron chi connectivity index (χ3n) is 4.27. The minimum atomic E-state index is -4.16. The third kappa shape index (κ3) is 4.84. The van der Waals surface area contributed by atoms with Gasteiger partial charge in [-0.2, -0.15) is 0 Å². The van der Waals surface area contributed by atoms with Crippen molar-refractivity contribution in [3.63, 3.8) is 0 Å². The highest BCUT2D eigenvalue weighted by atomic mass is 35.5. The fraction of sp³-hybridized carbons (Fsp3) is 0.158. The van der Waals surface area contributed by atoms with Crippen LogP contribution in [0.2, 0.25) is 5.02 Å². The van der Waals surface area contributed by atoms with Crippen LogP contribution in [0.4, 0.5) is 4.39 Å². The molecule has 3 aromatic rings. The van der Waals surface area contributed by atoms with Gasteiger partial charge in [-0.05, 0) is 47.3 Å². The summed E-state index contributed by atoms with van der Waals surface area (Å²) in [5.41, 5.74) is 0.255. The molecule has 0 saturated heterocycles. The standard InChI is InChI=1S/C19H17ClFNO5S3/c1-27-16-9-6-14(20)11-17(16)30(25,26)22-12-18(13-4-7-15(21)8-5-13)29(23,24)19-3-2-10-28-19/h2-11,18,22H,12H2,1H3. The van der Waals surface area contributed by atoms with Crippen LogP contribution in [0.3, 0.4) is 0 Å². The molecule has 1 unspecified atom stereocenters. The van der Waals surface area contributed by atoms with E-state index in [0.29, 0.717) is 0 Å². The van der Waals surface area contributed by atoms with Crippen molar-refractivity contribution >= 4 is 42.8 Å². The zero-order valence-electron chi connectivity index (χ0n) is 15.6. The van der Waals surface area contributed by atoms with Crippen LogP contribution in [0.15, 0.2) is 69.1 Å². The average molecular weight is 490 g/mol. The van der Waals surface area contributed by atoms with E-state index in [9.17, 15) is 21.2 Å². The van der Waals surface area contributed by atoms with E-state index in [2.05, 4.69) is 4.72 Å². The van der Waals surface area contributed by atoms with Crippen LogP contribution < -0.4 is 9.46 Å². The SMILES string of the molecule is COc1ccc(Cl)cc1S(=O)(=O)NCC(c1ccc(F)cc1)S(=O)(=O)c1cccs1. The summed E-state index contributed by atoms with van der Waals surface area (Å²) in [6.45, 7) is -0.468. The third-order valence-corrected chi connectivity index (χ3v) is 9.48. The molecule has 1 aromatic heterocycles. The van der Waals surface area contributed by atoms with Gasteiger partial charge in [-0.1, -0.05) is 29.8 Å². The number of rotatable bonds is 8. The number of benzene rings is 2. The monoisotopic (exact) mass is 489 g/mol. The summed E-state index contributed by atoms with van der Waals surface area (Å²) in [7, 11) is -6.79. The van der Waals surface area contributed by atoms with Gasteiger partial charge in [0.2, 0.25) is 10.0 Å². The fourth-order valence-electron chi connectivity index (χ4n) is 2.77. The molecule has 1 heterocycles. The number of nitrogens with one attached hydrogen (secondary N) is 1. The molecular formula is C19H17ClFNO5S3. The molecule has 3 rings (SSSR count). The van der Waals surface area contributed by atoms with Crippen LogP contribution in [-0.2, 0) is 19.9 Å². The summed E-state index contributed by atoms with van der Waals surface area (Å²) in [5.74, 6) is -0.471. The average Bonchev–Trinajstić information content (AvgIpc) is 3.25. The first kappa shape index (κ1) is 22.7. The highest BCUT2D eigenvalue weighted by Gasteiger charge is 2.32. The molecule has 0 amide bonds. The smallest absolute Gasteiger partial charge is 0.244 e. The first-order valence-electron chi connectivity index (χ1n) is 8.51. The second-order valence-corrected chi connectivity index (χ2v) is 11.6. The van der Waals surface area contributed by atoms with Gasteiger partial charge in [-0.25, -0.2) is 25.9 Å². The van der Waals surface area contributed by atoms with E-state index in [4.69, 9.17) is 16.3 Å². The topological polar surface area (TPSA) is 89.5 Å². The minimum Gasteiger partial charge on any atom is -0.495 e. The minimum absolute atomic E-state index is 0.0614. The van der Waals surface area contributed by atoms with E-state index in [1.165, 1.54) is 43.5 Å². The molecule has 1 atom stereocenters. The Balaban J connectivity index is 1.98. The maximum Gasteiger partial charge on any atom is 0.244 e. The lowest BCUT2D eigenvalue weighted by atomic mass is 10.1. The molecule has 0 radical (unpaired) electrons. The maximum absolute atomic E-state index is 13.4. The number of hydrogen-bond acceptors (Lipinski definition) is 6. The fourth-order valence-corrected chi connectivity index (χ4v) is 7.22. The van der Waals surface area contributed by atoms with Gasteiger partial charge in [0.05, 0.1) is 7.11 Å². The molecule has 0 saturated carbocycles. The molecule has 11 heteroatoms. The molecule has 160 valence electrons. The van der Waals surface area contributed by atoms with Crippen molar-refractivity contribution in [1.29, 1.82) is 0 Å². The molecule has 0 aliphatic rings. The van der Waals surface area contributed by atoms with Crippen molar-refractivity contribution in [2.75, 3.05) is 13.7 Å². The Morgan fingerprint density at radius 2 is 1.80 bits per heavy atom. The molecule has 6 nitrogen and oxygen atoms in total. The number of halogens is 2. The van der Waals surface area contributed by atoms with E-state index in [1.807, 2.05) is 0 Å². The molecule has 1 N–H and O–H groups in total. The van der Waals surface area contributed by atoms with E-state index in [1.54, 1.807) is 11.4 Å². The predicted molar refractivity (Wildman–Crippen MR) is 114 cm³/mol.